The Morgan fingerprint density at radius 2 is 1.69 bits per heavy atom. The van der Waals surface area contributed by atoms with Crippen LogP contribution in [-0.2, 0) is 17.7 Å². The number of fused-ring (bicyclic) bond motifs is 1. The molecule has 0 aliphatic carbocycles. The number of para-hydroxylation sites is 2. The molecule has 0 radical (unpaired) electrons. The quantitative estimate of drug-likeness (QED) is 0.313. The van der Waals surface area contributed by atoms with Crippen molar-refractivity contribution in [1.82, 2.24) is 14.9 Å². The van der Waals surface area contributed by atoms with Gasteiger partial charge in [-0.15, -0.1) is 0 Å². The van der Waals surface area contributed by atoms with Gasteiger partial charge < -0.3 is 24.5 Å². The molecule has 186 valence electrons. The molecule has 2 N–H and O–H groups in total. The van der Waals surface area contributed by atoms with E-state index in [1.807, 2.05) is 47.0 Å². The van der Waals surface area contributed by atoms with Gasteiger partial charge in [-0.2, -0.15) is 0 Å². The van der Waals surface area contributed by atoms with Gasteiger partial charge in [0, 0.05) is 18.5 Å². The van der Waals surface area contributed by atoms with Crippen LogP contribution in [0.5, 0.6) is 5.75 Å². The number of aromatic nitrogens is 2. The van der Waals surface area contributed by atoms with Crippen molar-refractivity contribution in [1.29, 1.82) is 0 Å². The van der Waals surface area contributed by atoms with Crippen LogP contribution in [0.2, 0.25) is 0 Å². The van der Waals surface area contributed by atoms with Gasteiger partial charge in [-0.25, -0.2) is 9.78 Å². The normalized spacial score (nSPS) is 11.7. The highest BCUT2D eigenvalue weighted by Crippen LogP contribution is 2.18. The number of aliphatic hydroxyl groups excluding tert-OH is 1. The van der Waals surface area contributed by atoms with E-state index >= 15 is 0 Å². The third kappa shape index (κ3) is 6.28. The van der Waals surface area contributed by atoms with Crippen LogP contribution < -0.4 is 10.1 Å². The Morgan fingerprint density at radius 1 is 0.972 bits per heavy atom. The van der Waals surface area contributed by atoms with E-state index in [9.17, 15) is 14.7 Å². The van der Waals surface area contributed by atoms with Gasteiger partial charge in [-0.3, -0.25) is 4.79 Å². The zero-order valence-corrected chi connectivity index (χ0v) is 20.1. The summed E-state index contributed by atoms with van der Waals surface area (Å²) in [7, 11) is 0. The number of rotatable bonds is 11. The molecule has 4 rings (SSSR count). The van der Waals surface area contributed by atoms with E-state index < -0.39 is 6.10 Å². The summed E-state index contributed by atoms with van der Waals surface area (Å²) in [6.07, 6.45) is -0.291. The Morgan fingerprint density at radius 3 is 2.44 bits per heavy atom. The number of nitrogens with one attached hydrogen (secondary N) is 1. The van der Waals surface area contributed by atoms with Gasteiger partial charge in [-0.1, -0.05) is 30.3 Å². The van der Waals surface area contributed by atoms with Crippen molar-refractivity contribution in [3.05, 3.63) is 95.8 Å². The first-order chi connectivity index (χ1) is 17.5. The molecule has 1 aromatic heterocycles. The van der Waals surface area contributed by atoms with E-state index in [1.165, 1.54) is 0 Å². The second-order valence-electron chi connectivity index (χ2n) is 8.21. The Balaban J connectivity index is 1.37. The standard InChI is InChI=1S/C28H29N3O5/c1-2-35-28(34)21-12-14-23(15-13-21)36-19-22(32)18-31-25-11-7-6-10-24(25)30-26(31)16-17-29-27(33)20-8-4-3-5-9-20/h3-15,22,32H,2,16-19H2,1H3,(H,29,33). The Kier molecular flexibility index (Phi) is 8.31. The van der Waals surface area contributed by atoms with Crippen molar-refractivity contribution >= 4 is 22.9 Å². The largest absolute Gasteiger partial charge is 0.491 e. The molecule has 0 aliphatic heterocycles. The second-order valence-corrected chi connectivity index (χ2v) is 8.21. The minimum absolute atomic E-state index is 0.0649. The fourth-order valence-electron chi connectivity index (χ4n) is 3.86. The number of imidazole rings is 1. The number of esters is 1. The minimum atomic E-state index is -0.801. The third-order valence-electron chi connectivity index (χ3n) is 5.60. The molecule has 1 unspecified atom stereocenters. The van der Waals surface area contributed by atoms with Crippen LogP contribution in [0.3, 0.4) is 0 Å². The van der Waals surface area contributed by atoms with Crippen LogP contribution in [0.1, 0.15) is 33.5 Å². The number of carbonyl (C=O) groups is 2. The van der Waals surface area contributed by atoms with Crippen molar-refractivity contribution < 1.29 is 24.2 Å². The monoisotopic (exact) mass is 487 g/mol. The number of nitrogens with zero attached hydrogens (tertiary/aromatic N) is 2. The summed E-state index contributed by atoms with van der Waals surface area (Å²) < 4.78 is 12.7. The topological polar surface area (TPSA) is 103 Å². The summed E-state index contributed by atoms with van der Waals surface area (Å²) in [6.45, 7) is 2.83. The Hall–Kier alpha value is -4.17. The molecule has 8 heteroatoms. The molecule has 0 bridgehead atoms. The van der Waals surface area contributed by atoms with Crippen LogP contribution >= 0.6 is 0 Å². The van der Waals surface area contributed by atoms with Gasteiger partial charge in [-0.05, 0) is 55.5 Å². The van der Waals surface area contributed by atoms with Gasteiger partial charge >= 0.3 is 5.97 Å². The molecular weight excluding hydrogens is 458 g/mol. The van der Waals surface area contributed by atoms with Crippen molar-refractivity contribution in [3.63, 3.8) is 0 Å². The van der Waals surface area contributed by atoms with Gasteiger partial charge in [0.25, 0.3) is 5.91 Å². The van der Waals surface area contributed by atoms with E-state index in [1.54, 1.807) is 43.3 Å². The summed E-state index contributed by atoms with van der Waals surface area (Å²) >= 11 is 0. The van der Waals surface area contributed by atoms with Crippen LogP contribution in [0.4, 0.5) is 0 Å². The molecule has 1 amide bonds. The number of aliphatic hydroxyl groups is 1. The molecule has 0 spiro atoms. The van der Waals surface area contributed by atoms with Crippen molar-refractivity contribution in [3.8, 4) is 5.75 Å². The maximum absolute atomic E-state index is 12.4. The zero-order valence-electron chi connectivity index (χ0n) is 20.1. The average molecular weight is 488 g/mol. The van der Waals surface area contributed by atoms with E-state index in [-0.39, 0.29) is 25.0 Å². The summed E-state index contributed by atoms with van der Waals surface area (Å²) in [4.78, 5) is 28.9. The zero-order chi connectivity index (χ0) is 25.3. The van der Waals surface area contributed by atoms with Crippen molar-refractivity contribution in [2.24, 2.45) is 0 Å². The lowest BCUT2D eigenvalue weighted by Gasteiger charge is -2.16. The van der Waals surface area contributed by atoms with Crippen molar-refractivity contribution in [2.45, 2.75) is 26.0 Å². The SMILES string of the molecule is CCOC(=O)c1ccc(OCC(O)Cn2c(CCNC(=O)c3ccccc3)nc3ccccc32)cc1. The van der Waals surface area contributed by atoms with Gasteiger partial charge in [0.15, 0.2) is 0 Å². The molecule has 0 aliphatic rings. The van der Waals surface area contributed by atoms with E-state index in [2.05, 4.69) is 5.32 Å². The summed E-state index contributed by atoms with van der Waals surface area (Å²) in [5, 5.41) is 13.7. The summed E-state index contributed by atoms with van der Waals surface area (Å²) in [5.74, 6) is 0.785. The molecule has 1 atom stereocenters. The smallest absolute Gasteiger partial charge is 0.338 e. The fraction of sp³-hybridized carbons (Fsp3) is 0.250. The molecule has 1 heterocycles. The molecule has 0 saturated heterocycles. The second kappa shape index (κ2) is 12.0. The molecule has 8 nitrogen and oxygen atoms in total. The highest BCUT2D eigenvalue weighted by Gasteiger charge is 2.16. The Labute approximate surface area is 209 Å². The summed E-state index contributed by atoms with van der Waals surface area (Å²) in [5.41, 5.74) is 2.77. The van der Waals surface area contributed by atoms with Gasteiger partial charge in [0.05, 0.1) is 29.7 Å². The number of hydrogen-bond donors (Lipinski definition) is 2. The molecule has 0 saturated carbocycles. The maximum Gasteiger partial charge on any atom is 0.338 e. The number of ether oxygens (including phenoxy) is 2. The Bertz CT molecular complexity index is 1300. The first-order valence-electron chi connectivity index (χ1n) is 11.9. The number of hydrogen-bond acceptors (Lipinski definition) is 6. The number of benzene rings is 3. The lowest BCUT2D eigenvalue weighted by Crippen LogP contribution is -2.28. The number of amides is 1. The highest BCUT2D eigenvalue weighted by atomic mass is 16.5. The van der Waals surface area contributed by atoms with E-state index in [0.29, 0.717) is 36.4 Å². The maximum atomic E-state index is 12.4. The van der Waals surface area contributed by atoms with Crippen LogP contribution in [0.25, 0.3) is 11.0 Å². The highest BCUT2D eigenvalue weighted by molar-refractivity contribution is 5.94. The first kappa shape index (κ1) is 24.9. The third-order valence-corrected chi connectivity index (χ3v) is 5.60. The first-order valence-corrected chi connectivity index (χ1v) is 11.9. The van der Waals surface area contributed by atoms with Crippen LogP contribution in [0, 0.1) is 0 Å². The van der Waals surface area contributed by atoms with Crippen molar-refractivity contribution in [2.75, 3.05) is 19.8 Å². The number of carbonyl (C=O) groups excluding carboxylic acids is 2. The average Bonchev–Trinajstić information content (AvgIpc) is 3.25. The van der Waals surface area contributed by atoms with Gasteiger partial charge in [0.2, 0.25) is 0 Å². The van der Waals surface area contributed by atoms with E-state index in [0.717, 1.165) is 16.9 Å². The molecular formula is C28H29N3O5. The lowest BCUT2D eigenvalue weighted by atomic mass is 10.2. The molecule has 4 aromatic rings. The van der Waals surface area contributed by atoms with Gasteiger partial charge in [0.1, 0.15) is 24.3 Å². The fourth-order valence-corrected chi connectivity index (χ4v) is 3.86. The molecule has 36 heavy (non-hydrogen) atoms. The van der Waals surface area contributed by atoms with Crippen LogP contribution in [-0.4, -0.2) is 52.4 Å². The van der Waals surface area contributed by atoms with Crippen LogP contribution in [0.15, 0.2) is 78.9 Å². The predicted octanol–water partition coefficient (Wildman–Crippen LogP) is 3.63. The van der Waals surface area contributed by atoms with E-state index in [4.69, 9.17) is 14.5 Å². The minimum Gasteiger partial charge on any atom is -0.491 e. The predicted molar refractivity (Wildman–Crippen MR) is 136 cm³/mol. The lowest BCUT2D eigenvalue weighted by molar-refractivity contribution is 0.0526. The summed E-state index contributed by atoms with van der Waals surface area (Å²) in [6, 6.07) is 23.4. The molecule has 0 fully saturated rings. The molecule has 3 aromatic carbocycles.